The van der Waals surface area contributed by atoms with Gasteiger partial charge in [-0.2, -0.15) is 0 Å². The fourth-order valence-corrected chi connectivity index (χ4v) is 8.86. The Morgan fingerprint density at radius 3 is 1.88 bits per heavy atom. The molecule has 2 nitrogen and oxygen atoms in total. The van der Waals surface area contributed by atoms with Gasteiger partial charge in [-0.05, 0) is 128 Å². The first kappa shape index (κ1) is 33.9. The van der Waals surface area contributed by atoms with Gasteiger partial charge in [-0.25, -0.2) is 0 Å². The topological polar surface area (TPSA) is 16.4 Å². The number of nitrogens with zero attached hydrogens (tertiary/aromatic N) is 1. The molecule has 2 heteroatoms. The van der Waals surface area contributed by atoms with Crippen LogP contribution in [-0.4, -0.2) is 0 Å². The van der Waals surface area contributed by atoms with Gasteiger partial charge in [0.2, 0.25) is 0 Å². The van der Waals surface area contributed by atoms with Crippen molar-refractivity contribution in [3.05, 3.63) is 223 Å². The maximum Gasteiger partial charge on any atom is 0.136 e. The molecule has 0 amide bonds. The monoisotopic (exact) mass is 741 g/mol. The molecule has 0 spiro atoms. The summed E-state index contributed by atoms with van der Waals surface area (Å²) < 4.78 is 6.30. The maximum atomic E-state index is 6.30. The number of aryl methyl sites for hydroxylation is 1. The van der Waals surface area contributed by atoms with Crippen LogP contribution in [0.15, 0.2) is 211 Å². The zero-order valence-electron chi connectivity index (χ0n) is 32.0. The van der Waals surface area contributed by atoms with Gasteiger partial charge < -0.3 is 9.32 Å². The van der Waals surface area contributed by atoms with Crippen molar-refractivity contribution in [2.45, 2.75) is 12.8 Å². The van der Waals surface area contributed by atoms with Gasteiger partial charge >= 0.3 is 0 Å². The highest BCUT2D eigenvalue weighted by Gasteiger charge is 2.22. The van der Waals surface area contributed by atoms with Gasteiger partial charge in [-0.15, -0.1) is 0 Å². The Balaban J connectivity index is 1.11. The van der Waals surface area contributed by atoms with Crippen LogP contribution in [0.25, 0.3) is 77.7 Å². The minimum atomic E-state index is 0.912. The van der Waals surface area contributed by atoms with Gasteiger partial charge in [0.1, 0.15) is 11.2 Å². The van der Waals surface area contributed by atoms with Gasteiger partial charge in [0, 0.05) is 27.7 Å². The first-order valence-corrected chi connectivity index (χ1v) is 20.1. The molecule has 0 radical (unpaired) electrons. The zero-order chi connectivity index (χ0) is 38.4. The Morgan fingerprint density at radius 1 is 0.397 bits per heavy atom. The highest BCUT2D eigenvalue weighted by molar-refractivity contribution is 6.19. The summed E-state index contributed by atoms with van der Waals surface area (Å²) in [4.78, 5) is 2.45. The van der Waals surface area contributed by atoms with E-state index >= 15 is 0 Å². The summed E-state index contributed by atoms with van der Waals surface area (Å²) in [5.41, 5.74) is 17.5. The van der Waals surface area contributed by atoms with E-state index in [4.69, 9.17) is 4.42 Å². The predicted molar refractivity (Wildman–Crippen MR) is 245 cm³/mol. The van der Waals surface area contributed by atoms with Crippen LogP contribution < -0.4 is 4.90 Å². The van der Waals surface area contributed by atoms with Gasteiger partial charge in [-0.3, -0.25) is 0 Å². The van der Waals surface area contributed by atoms with Crippen molar-refractivity contribution in [1.29, 1.82) is 0 Å². The van der Waals surface area contributed by atoms with Crippen molar-refractivity contribution >= 4 is 61.4 Å². The van der Waals surface area contributed by atoms with Crippen LogP contribution in [-0.2, 0) is 6.42 Å². The number of rotatable bonds is 7. The fourth-order valence-electron chi connectivity index (χ4n) is 8.86. The van der Waals surface area contributed by atoms with Crippen LogP contribution >= 0.6 is 0 Å². The summed E-state index contributed by atoms with van der Waals surface area (Å²) in [5, 5.41) is 4.70. The quantitative estimate of drug-likeness (QED) is 0.162. The standard InChI is InChI=1S/C56H39NO/c1-4-13-38(14-5-1)43-19-12-20-48(34-43)57(49-30-27-40-23-25-44(33-47(40)35-49)39-15-6-2-7-16-39)53-31-28-46(36-51(53)41-17-8-3-9-18-41)45-26-24-42-29-32-55-56(52(42)37-45)50-21-10-11-22-54(50)58-55/h1-22,24,26-37H,23,25H2. The molecule has 0 N–H and O–H groups in total. The van der Waals surface area contributed by atoms with E-state index in [0.717, 1.165) is 68.5 Å². The highest BCUT2D eigenvalue weighted by Crippen LogP contribution is 2.45. The lowest BCUT2D eigenvalue weighted by Crippen LogP contribution is -2.12. The molecule has 0 atom stereocenters. The van der Waals surface area contributed by atoms with E-state index in [9.17, 15) is 0 Å². The van der Waals surface area contributed by atoms with E-state index in [1.807, 2.05) is 6.07 Å². The molecule has 0 unspecified atom stereocenters. The normalized spacial score (nSPS) is 12.4. The van der Waals surface area contributed by atoms with Crippen molar-refractivity contribution in [1.82, 2.24) is 0 Å². The fraction of sp³-hybridized carbons (Fsp3) is 0.0357. The Labute approximate surface area is 338 Å². The molecular weight excluding hydrogens is 703 g/mol. The second-order valence-corrected chi connectivity index (χ2v) is 15.2. The summed E-state index contributed by atoms with van der Waals surface area (Å²) in [6.45, 7) is 0. The number of para-hydroxylation sites is 1. The van der Waals surface area contributed by atoms with Crippen LogP contribution in [0, 0.1) is 0 Å². The first-order chi connectivity index (χ1) is 28.7. The lowest BCUT2D eigenvalue weighted by atomic mass is 9.88. The molecular formula is C56H39NO. The SMILES string of the molecule is C1=C(c2ccccc2)CCc2ccc(N(c3cccc(-c4ccccc4)c3)c3ccc(-c4ccc5ccc6oc7ccccc7c6c5c4)cc3-c3ccccc3)cc21. The van der Waals surface area contributed by atoms with Crippen LogP contribution in [0.5, 0.6) is 0 Å². The van der Waals surface area contributed by atoms with Gasteiger partial charge in [0.15, 0.2) is 0 Å². The number of furan rings is 1. The second kappa shape index (κ2) is 14.3. The van der Waals surface area contributed by atoms with E-state index in [-0.39, 0.29) is 0 Å². The molecule has 1 aliphatic rings. The molecule has 0 aliphatic heterocycles. The zero-order valence-corrected chi connectivity index (χ0v) is 32.0. The van der Waals surface area contributed by atoms with Crippen molar-refractivity contribution in [3.8, 4) is 33.4 Å². The molecule has 0 saturated carbocycles. The number of anilines is 3. The van der Waals surface area contributed by atoms with Gasteiger partial charge in [0.05, 0.1) is 5.69 Å². The average Bonchev–Trinajstić information content (AvgIpc) is 3.69. The molecule has 58 heavy (non-hydrogen) atoms. The summed E-state index contributed by atoms with van der Waals surface area (Å²) >= 11 is 0. The Hall–Kier alpha value is -7.42. The number of benzene rings is 9. The van der Waals surface area contributed by atoms with Crippen molar-refractivity contribution in [3.63, 3.8) is 0 Å². The van der Waals surface area contributed by atoms with E-state index < -0.39 is 0 Å². The molecule has 9 aromatic carbocycles. The van der Waals surface area contributed by atoms with Gasteiger partial charge in [0.25, 0.3) is 0 Å². The lowest BCUT2D eigenvalue weighted by Gasteiger charge is -2.30. The largest absolute Gasteiger partial charge is 0.456 e. The maximum absolute atomic E-state index is 6.30. The minimum Gasteiger partial charge on any atom is -0.456 e. The Bertz CT molecular complexity index is 3160. The third-order valence-corrected chi connectivity index (χ3v) is 11.8. The third kappa shape index (κ3) is 6.07. The van der Waals surface area contributed by atoms with E-state index in [1.54, 1.807) is 0 Å². The first-order valence-electron chi connectivity index (χ1n) is 20.1. The van der Waals surface area contributed by atoms with E-state index in [0.29, 0.717) is 0 Å². The Kier molecular flexibility index (Phi) is 8.33. The van der Waals surface area contributed by atoms with Crippen LogP contribution in [0.2, 0.25) is 0 Å². The summed E-state index contributed by atoms with van der Waals surface area (Å²) in [6.07, 6.45) is 4.46. The summed E-state index contributed by atoms with van der Waals surface area (Å²) in [7, 11) is 0. The molecule has 11 rings (SSSR count). The average molecular weight is 742 g/mol. The van der Waals surface area contributed by atoms with Crippen molar-refractivity contribution in [2.75, 3.05) is 4.90 Å². The second-order valence-electron chi connectivity index (χ2n) is 15.2. The molecule has 0 saturated heterocycles. The molecule has 0 bridgehead atoms. The number of fused-ring (bicyclic) bond motifs is 6. The van der Waals surface area contributed by atoms with Crippen molar-refractivity contribution < 1.29 is 4.42 Å². The third-order valence-electron chi connectivity index (χ3n) is 11.8. The summed E-state index contributed by atoms with van der Waals surface area (Å²) in [5.74, 6) is 0. The molecule has 1 aliphatic carbocycles. The number of hydrogen-bond acceptors (Lipinski definition) is 2. The number of hydrogen-bond donors (Lipinski definition) is 0. The van der Waals surface area contributed by atoms with E-state index in [1.165, 1.54) is 49.7 Å². The van der Waals surface area contributed by atoms with Crippen molar-refractivity contribution in [2.24, 2.45) is 0 Å². The predicted octanol–water partition coefficient (Wildman–Crippen LogP) is 15.7. The molecule has 0 fully saturated rings. The lowest BCUT2D eigenvalue weighted by molar-refractivity contribution is 0.669. The van der Waals surface area contributed by atoms with Crippen LogP contribution in [0.1, 0.15) is 23.1 Å². The molecule has 10 aromatic rings. The highest BCUT2D eigenvalue weighted by atomic mass is 16.3. The van der Waals surface area contributed by atoms with Gasteiger partial charge in [-0.1, -0.05) is 158 Å². The van der Waals surface area contributed by atoms with Crippen LogP contribution in [0.4, 0.5) is 17.1 Å². The van der Waals surface area contributed by atoms with Crippen LogP contribution in [0.3, 0.4) is 0 Å². The smallest absolute Gasteiger partial charge is 0.136 e. The number of allylic oxidation sites excluding steroid dienone is 1. The Morgan fingerprint density at radius 2 is 1.05 bits per heavy atom. The minimum absolute atomic E-state index is 0.912. The molecule has 274 valence electrons. The molecule has 1 heterocycles. The summed E-state index contributed by atoms with van der Waals surface area (Å²) in [6, 6.07) is 74.7. The molecule has 1 aromatic heterocycles. The van der Waals surface area contributed by atoms with E-state index in [2.05, 4.69) is 211 Å².